The molecular formula is C12H7F5OS. The fraction of sp³-hybridized carbons (Fsp3) is 0.167. The molecule has 2 aromatic rings. The van der Waals surface area contributed by atoms with Crippen LogP contribution in [0.25, 0.3) is 0 Å². The average molecular weight is 294 g/mol. The van der Waals surface area contributed by atoms with Crippen molar-refractivity contribution in [3.05, 3.63) is 56.5 Å². The van der Waals surface area contributed by atoms with E-state index in [4.69, 9.17) is 0 Å². The molecule has 0 fully saturated rings. The fourth-order valence-electron chi connectivity index (χ4n) is 1.66. The quantitative estimate of drug-likeness (QED) is 0.507. The van der Waals surface area contributed by atoms with Crippen molar-refractivity contribution in [3.8, 4) is 0 Å². The van der Waals surface area contributed by atoms with E-state index in [9.17, 15) is 27.1 Å². The molecule has 0 aliphatic carbocycles. The maximum absolute atomic E-state index is 13.5. The molecule has 1 nitrogen and oxygen atoms in total. The summed E-state index contributed by atoms with van der Waals surface area (Å²) in [5, 5.41) is 11.4. The molecule has 7 heteroatoms. The minimum atomic E-state index is -2.24. The predicted molar refractivity (Wildman–Crippen MR) is 59.3 cm³/mol. The number of hydrogen-bond donors (Lipinski definition) is 1. The second-order valence-corrected chi connectivity index (χ2v) is 4.80. The maximum atomic E-state index is 13.5. The molecule has 1 unspecified atom stereocenters. The molecule has 0 spiro atoms. The lowest BCUT2D eigenvalue weighted by Crippen LogP contribution is -2.12. The topological polar surface area (TPSA) is 20.2 Å². The summed E-state index contributed by atoms with van der Waals surface area (Å²) in [5.74, 6) is -10.4. The molecule has 19 heavy (non-hydrogen) atoms. The van der Waals surface area contributed by atoms with Gasteiger partial charge in [0, 0.05) is 4.88 Å². The van der Waals surface area contributed by atoms with Crippen molar-refractivity contribution < 1.29 is 27.1 Å². The highest BCUT2D eigenvalue weighted by Gasteiger charge is 2.31. The van der Waals surface area contributed by atoms with Crippen LogP contribution in [0.15, 0.2) is 11.4 Å². The lowest BCUT2D eigenvalue weighted by Gasteiger charge is -2.14. The monoisotopic (exact) mass is 294 g/mol. The van der Waals surface area contributed by atoms with Crippen LogP contribution in [0.5, 0.6) is 0 Å². The van der Waals surface area contributed by atoms with Gasteiger partial charge in [0.2, 0.25) is 5.82 Å². The Morgan fingerprint density at radius 2 is 1.42 bits per heavy atom. The Morgan fingerprint density at radius 3 is 1.84 bits per heavy atom. The van der Waals surface area contributed by atoms with E-state index in [1.165, 1.54) is 0 Å². The van der Waals surface area contributed by atoms with E-state index in [1.807, 2.05) is 0 Å². The maximum Gasteiger partial charge on any atom is 0.200 e. The third-order valence-electron chi connectivity index (χ3n) is 2.67. The van der Waals surface area contributed by atoms with E-state index in [1.54, 1.807) is 18.4 Å². The third kappa shape index (κ3) is 2.12. The van der Waals surface area contributed by atoms with Gasteiger partial charge in [0.1, 0.15) is 6.10 Å². The first-order chi connectivity index (χ1) is 8.86. The van der Waals surface area contributed by atoms with Crippen LogP contribution >= 0.6 is 11.3 Å². The van der Waals surface area contributed by atoms with Crippen LogP contribution in [0.4, 0.5) is 22.0 Å². The zero-order valence-corrected chi connectivity index (χ0v) is 10.3. The molecule has 1 heterocycles. The van der Waals surface area contributed by atoms with Gasteiger partial charge in [-0.25, -0.2) is 22.0 Å². The van der Waals surface area contributed by atoms with Crippen molar-refractivity contribution in [2.24, 2.45) is 0 Å². The first-order valence-electron chi connectivity index (χ1n) is 5.09. The molecule has 102 valence electrons. The molecular weight excluding hydrogens is 287 g/mol. The number of benzene rings is 1. The number of rotatable bonds is 2. The summed E-state index contributed by atoms with van der Waals surface area (Å²) < 4.78 is 65.9. The van der Waals surface area contributed by atoms with Gasteiger partial charge < -0.3 is 5.11 Å². The van der Waals surface area contributed by atoms with Crippen molar-refractivity contribution in [2.45, 2.75) is 13.0 Å². The van der Waals surface area contributed by atoms with Crippen LogP contribution < -0.4 is 0 Å². The number of hydrogen-bond acceptors (Lipinski definition) is 2. The highest BCUT2D eigenvalue weighted by Crippen LogP contribution is 2.34. The summed E-state index contributed by atoms with van der Waals surface area (Å²) in [6.07, 6.45) is -1.90. The van der Waals surface area contributed by atoms with E-state index in [-0.39, 0.29) is 4.88 Å². The van der Waals surface area contributed by atoms with Crippen molar-refractivity contribution in [2.75, 3.05) is 0 Å². The predicted octanol–water partition coefficient (Wildman–Crippen LogP) is 3.83. The standard InChI is InChI=1S/C12H7F5OS/c1-4-2-3-19-12(4)11(18)5-6(13)8(15)10(17)9(16)7(5)14/h2-3,11,18H,1H3. The molecule has 1 N–H and O–H groups in total. The van der Waals surface area contributed by atoms with Gasteiger partial charge in [0.05, 0.1) is 5.56 Å². The zero-order valence-electron chi connectivity index (χ0n) is 9.48. The lowest BCUT2D eigenvalue weighted by atomic mass is 10.0. The second-order valence-electron chi connectivity index (χ2n) is 3.85. The number of halogens is 5. The highest BCUT2D eigenvalue weighted by molar-refractivity contribution is 7.10. The van der Waals surface area contributed by atoms with Gasteiger partial charge in [-0.15, -0.1) is 11.3 Å². The number of aryl methyl sites for hydroxylation is 1. The molecule has 2 rings (SSSR count). The van der Waals surface area contributed by atoms with E-state index >= 15 is 0 Å². The first kappa shape index (κ1) is 14.0. The molecule has 0 bridgehead atoms. The molecule has 1 aromatic heterocycles. The van der Waals surface area contributed by atoms with Crippen LogP contribution in [0.2, 0.25) is 0 Å². The fourth-order valence-corrected chi connectivity index (χ4v) is 2.58. The molecule has 0 saturated carbocycles. The smallest absolute Gasteiger partial charge is 0.200 e. The highest BCUT2D eigenvalue weighted by atomic mass is 32.1. The van der Waals surface area contributed by atoms with Crippen LogP contribution in [0, 0.1) is 36.0 Å². The van der Waals surface area contributed by atoms with Crippen LogP contribution in [0.1, 0.15) is 22.1 Å². The van der Waals surface area contributed by atoms with Gasteiger partial charge in [-0.05, 0) is 23.9 Å². The lowest BCUT2D eigenvalue weighted by molar-refractivity contribution is 0.205. The molecule has 1 aromatic carbocycles. The van der Waals surface area contributed by atoms with Crippen molar-refractivity contribution >= 4 is 11.3 Å². The van der Waals surface area contributed by atoms with Gasteiger partial charge >= 0.3 is 0 Å². The Balaban J connectivity index is 2.67. The summed E-state index contributed by atoms with van der Waals surface area (Å²) in [7, 11) is 0. The second kappa shape index (κ2) is 4.90. The van der Waals surface area contributed by atoms with E-state index in [0.29, 0.717) is 5.56 Å². The first-order valence-corrected chi connectivity index (χ1v) is 5.97. The van der Waals surface area contributed by atoms with Crippen molar-refractivity contribution in [3.63, 3.8) is 0 Å². The molecule has 0 saturated heterocycles. The van der Waals surface area contributed by atoms with E-state index in [2.05, 4.69) is 0 Å². The van der Waals surface area contributed by atoms with Crippen LogP contribution in [-0.2, 0) is 0 Å². The Bertz CT molecular complexity index is 608. The molecule has 1 atom stereocenters. The van der Waals surface area contributed by atoms with Gasteiger partial charge in [0.15, 0.2) is 23.3 Å². The number of aliphatic hydroxyl groups excluding tert-OH is 1. The number of thiophene rings is 1. The van der Waals surface area contributed by atoms with E-state index in [0.717, 1.165) is 11.3 Å². The normalized spacial score (nSPS) is 12.8. The molecule has 0 amide bonds. The summed E-state index contributed by atoms with van der Waals surface area (Å²) in [6.45, 7) is 1.56. The third-order valence-corrected chi connectivity index (χ3v) is 3.74. The largest absolute Gasteiger partial charge is 0.383 e. The molecule has 0 aliphatic heterocycles. The van der Waals surface area contributed by atoms with Gasteiger partial charge in [0.25, 0.3) is 0 Å². The zero-order chi connectivity index (χ0) is 14.3. The Hall–Kier alpha value is -1.47. The van der Waals surface area contributed by atoms with Crippen LogP contribution in [0.3, 0.4) is 0 Å². The van der Waals surface area contributed by atoms with Gasteiger partial charge in [-0.2, -0.15) is 0 Å². The minimum absolute atomic E-state index is 0.128. The van der Waals surface area contributed by atoms with Crippen molar-refractivity contribution in [1.29, 1.82) is 0 Å². The summed E-state index contributed by atoms with van der Waals surface area (Å²) in [6, 6.07) is 1.56. The van der Waals surface area contributed by atoms with E-state index < -0.39 is 40.8 Å². The SMILES string of the molecule is Cc1ccsc1C(O)c1c(F)c(F)c(F)c(F)c1F. The van der Waals surface area contributed by atoms with Gasteiger partial charge in [-0.1, -0.05) is 0 Å². The molecule has 0 radical (unpaired) electrons. The molecule has 0 aliphatic rings. The number of aliphatic hydroxyl groups is 1. The Labute approximate surface area is 108 Å². The minimum Gasteiger partial charge on any atom is -0.383 e. The summed E-state index contributed by atoms with van der Waals surface area (Å²) >= 11 is 0.964. The van der Waals surface area contributed by atoms with Gasteiger partial charge in [-0.3, -0.25) is 0 Å². The summed E-state index contributed by atoms with van der Waals surface area (Å²) in [4.78, 5) is 0.128. The Morgan fingerprint density at radius 1 is 0.947 bits per heavy atom. The average Bonchev–Trinajstić information content (AvgIpc) is 2.80. The van der Waals surface area contributed by atoms with Crippen LogP contribution in [-0.4, -0.2) is 5.11 Å². The van der Waals surface area contributed by atoms with Crippen molar-refractivity contribution in [1.82, 2.24) is 0 Å². The Kier molecular flexibility index (Phi) is 3.60. The summed E-state index contributed by atoms with van der Waals surface area (Å²) in [5.41, 5.74) is -0.733.